The van der Waals surface area contributed by atoms with Crippen LogP contribution in [-0.2, 0) is 22.5 Å². The summed E-state index contributed by atoms with van der Waals surface area (Å²) in [6.07, 6.45) is 1.47. The molecule has 0 atom stereocenters. The van der Waals surface area contributed by atoms with Crippen molar-refractivity contribution in [2.75, 3.05) is 44.7 Å². The van der Waals surface area contributed by atoms with Crippen LogP contribution in [0.15, 0.2) is 24.3 Å². The molecule has 0 bridgehead atoms. The molecule has 0 radical (unpaired) electrons. The molecule has 6 nitrogen and oxygen atoms in total. The lowest BCUT2D eigenvalue weighted by atomic mass is 10.0. The molecule has 2 N–H and O–H groups in total. The van der Waals surface area contributed by atoms with Crippen molar-refractivity contribution in [1.82, 2.24) is 15.2 Å². The van der Waals surface area contributed by atoms with Crippen molar-refractivity contribution < 1.29 is 9.53 Å². The van der Waals surface area contributed by atoms with E-state index in [0.29, 0.717) is 6.42 Å². The summed E-state index contributed by atoms with van der Waals surface area (Å²) < 4.78 is 6.57. The van der Waals surface area contributed by atoms with Crippen molar-refractivity contribution >= 4 is 43.8 Å². The highest BCUT2D eigenvalue weighted by Crippen LogP contribution is 2.44. The van der Waals surface area contributed by atoms with Crippen molar-refractivity contribution in [1.29, 1.82) is 0 Å². The van der Waals surface area contributed by atoms with E-state index in [4.69, 9.17) is 9.72 Å². The summed E-state index contributed by atoms with van der Waals surface area (Å²) in [6, 6.07) is 8.23. The molecule has 0 aliphatic carbocycles. The molecule has 2 aromatic heterocycles. The zero-order valence-corrected chi connectivity index (χ0v) is 17.8. The molecule has 0 saturated carbocycles. The fourth-order valence-corrected chi connectivity index (χ4v) is 6.25. The Morgan fingerprint density at radius 2 is 2.10 bits per heavy atom. The largest absolute Gasteiger partial charge is 0.379 e. The number of fused-ring (bicyclic) bond motifs is 2. The molecule has 5 rings (SSSR count). The van der Waals surface area contributed by atoms with Crippen LogP contribution >= 0.6 is 22.7 Å². The Hall–Kier alpha value is -1.84. The lowest BCUT2D eigenvalue weighted by Crippen LogP contribution is -2.38. The van der Waals surface area contributed by atoms with Gasteiger partial charge in [0.25, 0.3) is 0 Å². The molecular weight excluding hydrogens is 404 g/mol. The second-order valence-corrected chi connectivity index (χ2v) is 9.51. The monoisotopic (exact) mass is 428 g/mol. The molecule has 29 heavy (non-hydrogen) atoms. The molecule has 152 valence electrons. The van der Waals surface area contributed by atoms with Gasteiger partial charge in [0.05, 0.1) is 23.4 Å². The highest BCUT2D eigenvalue weighted by atomic mass is 32.1. The van der Waals surface area contributed by atoms with E-state index >= 15 is 0 Å². The van der Waals surface area contributed by atoms with Gasteiger partial charge in [-0.3, -0.25) is 9.69 Å². The van der Waals surface area contributed by atoms with E-state index in [0.717, 1.165) is 73.4 Å². The Balaban J connectivity index is 1.40. The van der Waals surface area contributed by atoms with E-state index in [1.54, 1.807) is 22.7 Å². The van der Waals surface area contributed by atoms with Crippen LogP contribution in [0.1, 0.15) is 16.9 Å². The molecule has 2 aliphatic heterocycles. The van der Waals surface area contributed by atoms with E-state index in [2.05, 4.69) is 27.7 Å². The van der Waals surface area contributed by atoms with Crippen molar-refractivity contribution in [3.05, 3.63) is 34.7 Å². The Morgan fingerprint density at radius 1 is 1.24 bits per heavy atom. The number of hydrogen-bond acceptors (Lipinski definition) is 7. The summed E-state index contributed by atoms with van der Waals surface area (Å²) in [4.78, 5) is 21.2. The van der Waals surface area contributed by atoms with Gasteiger partial charge in [-0.25, -0.2) is 4.98 Å². The second-order valence-electron chi connectivity index (χ2n) is 7.37. The minimum absolute atomic E-state index is 0.0745. The van der Waals surface area contributed by atoms with Gasteiger partial charge >= 0.3 is 0 Å². The average Bonchev–Trinajstić information content (AvgIpc) is 3.33. The molecule has 1 aromatic carbocycles. The number of thiophene rings is 1. The minimum Gasteiger partial charge on any atom is -0.379 e. The summed E-state index contributed by atoms with van der Waals surface area (Å²) in [5.74, 6) is 0.0745. The number of carbonyl (C=O) groups is 1. The minimum atomic E-state index is 0.0745. The number of ether oxygens (including phenoxy) is 1. The van der Waals surface area contributed by atoms with E-state index in [9.17, 15) is 4.79 Å². The second kappa shape index (κ2) is 8.49. The first-order chi connectivity index (χ1) is 14.3. The molecule has 0 spiro atoms. The first-order valence-electron chi connectivity index (χ1n) is 10.1. The quantitative estimate of drug-likeness (QED) is 0.653. The van der Waals surface area contributed by atoms with Crippen LogP contribution in [0.25, 0.3) is 20.8 Å². The number of thiazole rings is 1. The van der Waals surface area contributed by atoms with Gasteiger partial charge in [0.15, 0.2) is 0 Å². The third-order valence-corrected chi connectivity index (χ3v) is 7.65. The van der Waals surface area contributed by atoms with Gasteiger partial charge in [0, 0.05) is 43.0 Å². The normalized spacial score (nSPS) is 17.4. The molecule has 2 aliphatic rings. The number of benzene rings is 1. The summed E-state index contributed by atoms with van der Waals surface area (Å²) in [5, 5.41) is 8.61. The van der Waals surface area contributed by atoms with Gasteiger partial charge in [0.1, 0.15) is 10.0 Å². The Labute approximate surface area is 177 Å². The van der Waals surface area contributed by atoms with Gasteiger partial charge < -0.3 is 15.4 Å². The number of anilines is 1. The first kappa shape index (κ1) is 19.1. The lowest BCUT2D eigenvalue weighted by molar-refractivity contribution is -0.116. The number of morpholine rings is 1. The van der Waals surface area contributed by atoms with E-state index < -0.39 is 0 Å². The molecule has 4 heterocycles. The third kappa shape index (κ3) is 4.08. The van der Waals surface area contributed by atoms with Crippen LogP contribution in [0, 0.1) is 0 Å². The maximum atomic E-state index is 12.7. The third-order valence-electron chi connectivity index (χ3n) is 5.45. The Morgan fingerprint density at radius 3 is 2.97 bits per heavy atom. The van der Waals surface area contributed by atoms with Crippen LogP contribution in [-0.4, -0.2) is 55.2 Å². The maximum absolute atomic E-state index is 12.7. The van der Waals surface area contributed by atoms with Gasteiger partial charge in [0.2, 0.25) is 5.91 Å². The highest BCUT2D eigenvalue weighted by Gasteiger charge is 2.25. The zero-order chi connectivity index (χ0) is 19.6. The van der Waals surface area contributed by atoms with E-state index in [1.807, 2.05) is 12.1 Å². The van der Waals surface area contributed by atoms with Crippen LogP contribution in [0.5, 0.6) is 0 Å². The fraction of sp³-hybridized carbons (Fsp3) is 0.429. The number of hydrogen-bond donors (Lipinski definition) is 2. The molecule has 1 saturated heterocycles. The molecule has 1 amide bonds. The predicted molar refractivity (Wildman–Crippen MR) is 119 cm³/mol. The summed E-state index contributed by atoms with van der Waals surface area (Å²) in [7, 11) is 0. The SMILES string of the molecule is O=C(CCN1CCOCC1)Nc1sc2c(c1-c1nc3ccccc3s1)CCNC2. The number of nitrogens with one attached hydrogen (secondary N) is 2. The zero-order valence-electron chi connectivity index (χ0n) is 16.2. The number of rotatable bonds is 5. The Kier molecular flexibility index (Phi) is 5.61. The van der Waals surface area contributed by atoms with Gasteiger partial charge in [-0.15, -0.1) is 22.7 Å². The summed E-state index contributed by atoms with van der Waals surface area (Å²) >= 11 is 3.40. The number of para-hydroxylation sites is 1. The van der Waals surface area contributed by atoms with E-state index in [-0.39, 0.29) is 5.91 Å². The van der Waals surface area contributed by atoms with E-state index in [1.165, 1.54) is 15.1 Å². The molecule has 1 fully saturated rings. The smallest absolute Gasteiger partial charge is 0.226 e. The molecule has 8 heteroatoms. The molecule has 3 aromatic rings. The standard InChI is InChI=1S/C21H24N4O2S2/c26-18(6-8-25-9-11-27-12-10-25)24-21-19(14-5-7-22-13-17(14)29-21)20-23-15-3-1-2-4-16(15)28-20/h1-4,22H,5-13H2,(H,24,26). The number of carbonyl (C=O) groups excluding carboxylic acids is 1. The fourth-order valence-electron chi connectivity index (χ4n) is 3.90. The molecular formula is C21H24N4O2S2. The van der Waals surface area contributed by atoms with Crippen LogP contribution in [0.3, 0.4) is 0 Å². The number of nitrogens with zero attached hydrogens (tertiary/aromatic N) is 2. The van der Waals surface area contributed by atoms with Crippen molar-refractivity contribution in [2.24, 2.45) is 0 Å². The van der Waals surface area contributed by atoms with Crippen molar-refractivity contribution in [3.63, 3.8) is 0 Å². The maximum Gasteiger partial charge on any atom is 0.226 e. The van der Waals surface area contributed by atoms with Gasteiger partial charge in [-0.1, -0.05) is 12.1 Å². The van der Waals surface area contributed by atoms with Crippen LogP contribution in [0.4, 0.5) is 5.00 Å². The number of amides is 1. The molecule has 0 unspecified atom stereocenters. The average molecular weight is 429 g/mol. The van der Waals surface area contributed by atoms with Crippen molar-refractivity contribution in [2.45, 2.75) is 19.4 Å². The topological polar surface area (TPSA) is 66.5 Å². The van der Waals surface area contributed by atoms with Gasteiger partial charge in [-0.2, -0.15) is 0 Å². The van der Waals surface area contributed by atoms with Crippen LogP contribution in [0.2, 0.25) is 0 Å². The Bertz CT molecular complexity index is 990. The lowest BCUT2D eigenvalue weighted by Gasteiger charge is -2.26. The summed E-state index contributed by atoms with van der Waals surface area (Å²) in [6.45, 7) is 5.93. The predicted octanol–water partition coefficient (Wildman–Crippen LogP) is 3.33. The highest BCUT2D eigenvalue weighted by molar-refractivity contribution is 7.22. The summed E-state index contributed by atoms with van der Waals surface area (Å²) in [5.41, 5.74) is 3.50. The van der Waals surface area contributed by atoms with Gasteiger partial charge in [-0.05, 0) is 30.7 Å². The first-order valence-corrected chi connectivity index (χ1v) is 11.7. The van der Waals surface area contributed by atoms with Crippen LogP contribution < -0.4 is 10.6 Å². The number of aromatic nitrogens is 1. The van der Waals surface area contributed by atoms with Crippen molar-refractivity contribution in [3.8, 4) is 10.6 Å².